The van der Waals surface area contributed by atoms with Crippen molar-refractivity contribution in [3.8, 4) is 0 Å². The number of hydrogen-bond acceptors (Lipinski definition) is 3. The zero-order chi connectivity index (χ0) is 21.9. The van der Waals surface area contributed by atoms with E-state index in [4.69, 9.17) is 4.74 Å². The summed E-state index contributed by atoms with van der Waals surface area (Å²) in [5.41, 5.74) is 3.35. The highest BCUT2D eigenvalue weighted by Crippen LogP contribution is 2.18. The Morgan fingerprint density at radius 2 is 1.55 bits per heavy atom. The summed E-state index contributed by atoms with van der Waals surface area (Å²) in [5, 5.41) is 2.98. The van der Waals surface area contributed by atoms with Crippen molar-refractivity contribution in [2.75, 3.05) is 11.9 Å². The van der Waals surface area contributed by atoms with Gasteiger partial charge >= 0.3 is 5.97 Å². The normalized spacial score (nSPS) is 11.8. The van der Waals surface area contributed by atoms with Crippen LogP contribution in [0.2, 0.25) is 0 Å². The Kier molecular flexibility index (Phi) is 8.18. The monoisotopic (exact) mass is 413 g/mol. The molecule has 0 bridgehead atoms. The van der Waals surface area contributed by atoms with Crippen LogP contribution in [-0.4, -0.2) is 18.5 Å². The van der Waals surface area contributed by atoms with Crippen LogP contribution in [0.15, 0.2) is 91.0 Å². The van der Waals surface area contributed by atoms with E-state index in [1.54, 1.807) is 31.2 Å². The first-order valence-corrected chi connectivity index (χ1v) is 10.5. The average Bonchev–Trinajstić information content (AvgIpc) is 2.80. The first kappa shape index (κ1) is 22.0. The van der Waals surface area contributed by atoms with Crippen LogP contribution >= 0.6 is 0 Å². The molecule has 3 aromatic rings. The molecule has 0 fully saturated rings. The third-order valence-corrected chi connectivity index (χ3v) is 4.89. The van der Waals surface area contributed by atoms with Gasteiger partial charge in [0.25, 0.3) is 0 Å². The molecule has 4 nitrogen and oxygen atoms in total. The summed E-state index contributed by atoms with van der Waals surface area (Å²) >= 11 is 0. The highest BCUT2D eigenvalue weighted by molar-refractivity contribution is 5.94. The van der Waals surface area contributed by atoms with Crippen LogP contribution in [0.5, 0.6) is 0 Å². The van der Waals surface area contributed by atoms with E-state index in [0.29, 0.717) is 30.7 Å². The number of nitrogens with one attached hydrogen (secondary N) is 1. The average molecular weight is 414 g/mol. The third-order valence-electron chi connectivity index (χ3n) is 4.89. The number of anilines is 1. The van der Waals surface area contributed by atoms with Gasteiger partial charge in [-0.25, -0.2) is 4.79 Å². The Morgan fingerprint density at radius 1 is 0.903 bits per heavy atom. The lowest BCUT2D eigenvalue weighted by atomic mass is 9.94. The lowest BCUT2D eigenvalue weighted by Gasteiger charge is -2.16. The van der Waals surface area contributed by atoms with Gasteiger partial charge in [0.1, 0.15) is 0 Å². The molecule has 1 amide bonds. The molecule has 4 heteroatoms. The molecule has 3 aromatic carbocycles. The molecule has 0 saturated carbocycles. The van der Waals surface area contributed by atoms with Gasteiger partial charge < -0.3 is 10.1 Å². The summed E-state index contributed by atoms with van der Waals surface area (Å²) in [5.74, 6) is -0.633. The number of hydrogen-bond donors (Lipinski definition) is 1. The van der Waals surface area contributed by atoms with Crippen LogP contribution in [0.3, 0.4) is 0 Å². The number of carbonyl (C=O) groups excluding carboxylic acids is 2. The molecule has 0 aliphatic carbocycles. The van der Waals surface area contributed by atoms with Crippen molar-refractivity contribution in [2.45, 2.75) is 19.8 Å². The minimum atomic E-state index is -0.367. The Morgan fingerprint density at radius 3 is 2.19 bits per heavy atom. The Balaban J connectivity index is 1.69. The summed E-state index contributed by atoms with van der Waals surface area (Å²) in [6.07, 6.45) is 5.36. The van der Waals surface area contributed by atoms with E-state index in [1.807, 2.05) is 72.8 Å². The minimum absolute atomic E-state index is 0.0505. The highest BCUT2D eigenvalue weighted by atomic mass is 16.5. The van der Waals surface area contributed by atoms with Crippen LogP contribution < -0.4 is 5.32 Å². The Labute approximate surface area is 183 Å². The van der Waals surface area contributed by atoms with Crippen LogP contribution in [0.1, 0.15) is 34.8 Å². The molecular formula is C27H27NO3. The van der Waals surface area contributed by atoms with Crippen molar-refractivity contribution in [3.05, 3.63) is 108 Å². The van der Waals surface area contributed by atoms with E-state index in [2.05, 4.69) is 5.32 Å². The molecule has 158 valence electrons. The second-order valence-electron chi connectivity index (χ2n) is 7.22. The summed E-state index contributed by atoms with van der Waals surface area (Å²) in [4.78, 5) is 24.9. The quantitative estimate of drug-likeness (QED) is 0.454. The summed E-state index contributed by atoms with van der Waals surface area (Å²) in [6, 6.07) is 26.8. The molecule has 0 aromatic heterocycles. The molecule has 1 N–H and O–H groups in total. The minimum Gasteiger partial charge on any atom is -0.462 e. The zero-order valence-corrected chi connectivity index (χ0v) is 17.7. The van der Waals surface area contributed by atoms with Gasteiger partial charge in [-0.1, -0.05) is 72.8 Å². The molecule has 31 heavy (non-hydrogen) atoms. The maximum Gasteiger partial charge on any atom is 0.338 e. The van der Waals surface area contributed by atoms with Crippen LogP contribution in [0.25, 0.3) is 6.08 Å². The van der Waals surface area contributed by atoms with Crippen molar-refractivity contribution in [1.82, 2.24) is 0 Å². The van der Waals surface area contributed by atoms with Gasteiger partial charge in [0.05, 0.1) is 12.2 Å². The predicted octanol–water partition coefficient (Wildman–Crippen LogP) is 5.76. The van der Waals surface area contributed by atoms with Gasteiger partial charge in [-0.15, -0.1) is 0 Å². The lowest BCUT2D eigenvalue weighted by Crippen LogP contribution is -2.24. The maximum atomic E-state index is 13.0. The second kappa shape index (κ2) is 11.5. The van der Waals surface area contributed by atoms with Gasteiger partial charge in [-0.3, -0.25) is 4.79 Å². The third kappa shape index (κ3) is 6.96. The SMILES string of the molecule is CCOC(=O)c1ccc(NC(=O)C(CC=Cc2ccccc2)Cc2ccccc2)cc1. The molecule has 0 aliphatic heterocycles. The zero-order valence-electron chi connectivity index (χ0n) is 17.7. The number of rotatable bonds is 9. The van der Waals surface area contributed by atoms with Gasteiger partial charge in [0.2, 0.25) is 5.91 Å². The van der Waals surface area contributed by atoms with Crippen molar-refractivity contribution >= 4 is 23.6 Å². The summed E-state index contributed by atoms with van der Waals surface area (Å²) in [6.45, 7) is 2.10. The fourth-order valence-electron chi connectivity index (χ4n) is 3.26. The van der Waals surface area contributed by atoms with Crippen LogP contribution in [0.4, 0.5) is 5.69 Å². The van der Waals surface area contributed by atoms with E-state index < -0.39 is 0 Å². The first-order chi connectivity index (χ1) is 15.2. The number of carbonyl (C=O) groups is 2. The van der Waals surface area contributed by atoms with E-state index in [0.717, 1.165) is 11.1 Å². The van der Waals surface area contributed by atoms with Gasteiger partial charge in [-0.2, -0.15) is 0 Å². The van der Waals surface area contributed by atoms with Gasteiger partial charge in [-0.05, 0) is 55.2 Å². The van der Waals surface area contributed by atoms with Gasteiger partial charge in [0, 0.05) is 11.6 Å². The predicted molar refractivity (Wildman–Crippen MR) is 125 cm³/mol. The van der Waals surface area contributed by atoms with Gasteiger partial charge in [0.15, 0.2) is 0 Å². The number of allylic oxidation sites excluding steroid dienone is 1. The van der Waals surface area contributed by atoms with Crippen LogP contribution in [-0.2, 0) is 16.0 Å². The molecule has 0 spiro atoms. The fraction of sp³-hybridized carbons (Fsp3) is 0.185. The molecule has 0 heterocycles. The first-order valence-electron chi connectivity index (χ1n) is 10.5. The number of esters is 1. The highest BCUT2D eigenvalue weighted by Gasteiger charge is 2.18. The fourth-order valence-corrected chi connectivity index (χ4v) is 3.26. The molecule has 1 unspecified atom stereocenters. The summed E-state index contributed by atoms with van der Waals surface area (Å²) < 4.78 is 5.00. The van der Waals surface area contributed by atoms with E-state index in [-0.39, 0.29) is 17.8 Å². The van der Waals surface area contributed by atoms with E-state index in [1.165, 1.54) is 0 Å². The molecule has 0 radical (unpaired) electrons. The Hall–Kier alpha value is -3.66. The van der Waals surface area contributed by atoms with E-state index in [9.17, 15) is 9.59 Å². The van der Waals surface area contributed by atoms with Crippen molar-refractivity contribution in [3.63, 3.8) is 0 Å². The molecular weight excluding hydrogens is 386 g/mol. The van der Waals surface area contributed by atoms with Crippen molar-refractivity contribution in [1.29, 1.82) is 0 Å². The number of amides is 1. The maximum absolute atomic E-state index is 13.0. The standard InChI is InChI=1S/C27H27NO3/c1-2-31-27(30)23-16-18-25(19-17-23)28-26(29)24(20-22-12-7-4-8-13-22)15-9-14-21-10-5-3-6-11-21/h3-14,16-19,24H,2,15,20H2,1H3,(H,28,29). The molecule has 1 atom stereocenters. The number of ether oxygens (including phenoxy) is 1. The number of benzene rings is 3. The topological polar surface area (TPSA) is 55.4 Å². The largest absolute Gasteiger partial charge is 0.462 e. The smallest absolute Gasteiger partial charge is 0.338 e. The molecule has 0 aliphatic rings. The summed E-state index contributed by atoms with van der Waals surface area (Å²) in [7, 11) is 0. The van der Waals surface area contributed by atoms with Crippen molar-refractivity contribution < 1.29 is 14.3 Å². The Bertz CT molecular complexity index is 996. The lowest BCUT2D eigenvalue weighted by molar-refractivity contribution is -0.119. The van der Waals surface area contributed by atoms with E-state index >= 15 is 0 Å². The van der Waals surface area contributed by atoms with Crippen LogP contribution in [0, 0.1) is 5.92 Å². The molecule has 3 rings (SSSR count). The second-order valence-corrected chi connectivity index (χ2v) is 7.22. The van der Waals surface area contributed by atoms with Crippen molar-refractivity contribution in [2.24, 2.45) is 5.92 Å². The molecule has 0 saturated heterocycles.